The second-order valence-electron chi connectivity index (χ2n) is 8.98. The standard InChI is InChI=1S/C25H39N5O6.C3H8.C2H6.Ho/c1-4-5-6-7-10-22(32)28-16-23(33)30-21(9-8-15-27-25(35)26-3)24(34)29-20-13-11-19(12-14-20)17-36-18(2)31;1-3-2;1-2;/h11-14,21H,4-10,15-17H2,1-3H3,(H5,26,27,28,29,30,32,33,34,35);3H2,1-2H3;1-2H3;/p-1. The number of ether oxygens (including phenoxy) is 1. The third-order valence-corrected chi connectivity index (χ3v) is 5.17. The number of hydrogen-bond donors (Lipinski definition) is 4. The summed E-state index contributed by atoms with van der Waals surface area (Å²) in [5.74, 6) is -1.51. The molecule has 12 heteroatoms. The quantitative estimate of drug-likeness (QED) is 0.104. The molecule has 4 N–H and O–H groups in total. The van der Waals surface area contributed by atoms with Crippen molar-refractivity contribution >= 4 is 35.4 Å². The molecule has 11 nitrogen and oxygen atoms in total. The van der Waals surface area contributed by atoms with Gasteiger partial charge in [-0.15, -0.1) is 0 Å². The van der Waals surface area contributed by atoms with Gasteiger partial charge in [-0.1, -0.05) is 92.4 Å². The third-order valence-electron chi connectivity index (χ3n) is 5.17. The number of amides is 5. The molecule has 1 aromatic rings. The van der Waals surface area contributed by atoms with Crippen molar-refractivity contribution in [1.29, 1.82) is 0 Å². The number of nitrogens with one attached hydrogen (secondary N) is 4. The number of unbranched alkanes of at least 4 members (excludes halogenated alkanes) is 3. The van der Waals surface area contributed by atoms with E-state index in [1.807, 2.05) is 13.8 Å². The smallest absolute Gasteiger partial charge is 0.302 e. The summed E-state index contributed by atoms with van der Waals surface area (Å²) in [6.07, 6.45) is 6.15. The van der Waals surface area contributed by atoms with Crippen molar-refractivity contribution in [3.8, 4) is 0 Å². The van der Waals surface area contributed by atoms with Crippen molar-refractivity contribution in [2.24, 2.45) is 0 Å². The maximum absolute atomic E-state index is 12.9. The second-order valence-corrected chi connectivity index (χ2v) is 8.98. The van der Waals surface area contributed by atoms with E-state index in [0.29, 0.717) is 18.5 Å². The minimum absolute atomic E-state index is 0. The molecule has 0 fully saturated rings. The van der Waals surface area contributed by atoms with E-state index < -0.39 is 23.9 Å². The maximum Gasteiger partial charge on any atom is 0.302 e. The van der Waals surface area contributed by atoms with E-state index >= 15 is 0 Å². The molecule has 245 valence electrons. The molecule has 1 atom stereocenters. The van der Waals surface area contributed by atoms with E-state index in [-0.39, 0.29) is 75.7 Å². The fourth-order valence-corrected chi connectivity index (χ4v) is 3.17. The molecule has 0 aliphatic rings. The summed E-state index contributed by atoms with van der Waals surface area (Å²) >= 11 is 0. The number of benzene rings is 1. The molecule has 1 aromatic carbocycles. The fraction of sp³-hybridized carbons (Fsp3) is 0.633. The van der Waals surface area contributed by atoms with Crippen molar-refractivity contribution in [3.63, 3.8) is 0 Å². The number of rotatable bonds is 16. The number of urea groups is 1. The van der Waals surface area contributed by atoms with Crippen LogP contribution in [0.5, 0.6) is 0 Å². The summed E-state index contributed by atoms with van der Waals surface area (Å²) in [6, 6.07) is 5.41. The minimum atomic E-state index is -0.879. The molecular formula is C30H52HoN5O6-. The van der Waals surface area contributed by atoms with Crippen LogP contribution in [0, 0.1) is 37.7 Å². The predicted octanol–water partition coefficient (Wildman–Crippen LogP) is 5.20. The molecule has 1 rings (SSSR count). The molecule has 5 amide bonds. The Labute approximate surface area is 282 Å². The number of carbonyl (C=O) groups excluding carboxylic acids is 5. The second kappa shape index (κ2) is 30.1. The van der Waals surface area contributed by atoms with Crippen LogP contribution in [0.15, 0.2) is 24.3 Å². The zero-order chi connectivity index (χ0) is 31.5. The SMILES string of the molecule is CC.CCC.CCCCCCC(=O)NCC(=O)NC(CCCNC(=O)[N-]C)C(=O)Nc1ccc(COC(C)=O)cc1.[Ho]. The first-order valence-electron chi connectivity index (χ1n) is 14.6. The maximum atomic E-state index is 12.9. The van der Waals surface area contributed by atoms with Crippen LogP contribution in [-0.2, 0) is 30.5 Å². The Morgan fingerprint density at radius 3 is 2.05 bits per heavy atom. The number of nitrogens with zero attached hydrogens (tertiary/aromatic N) is 1. The van der Waals surface area contributed by atoms with Crippen LogP contribution in [0.4, 0.5) is 10.5 Å². The molecule has 42 heavy (non-hydrogen) atoms. The van der Waals surface area contributed by atoms with Gasteiger partial charge in [0, 0.05) is 56.8 Å². The van der Waals surface area contributed by atoms with Crippen LogP contribution in [0.1, 0.15) is 98.5 Å². The molecule has 0 saturated heterocycles. The van der Waals surface area contributed by atoms with Gasteiger partial charge in [0.15, 0.2) is 6.03 Å². The van der Waals surface area contributed by atoms with Gasteiger partial charge in [0.1, 0.15) is 12.6 Å². The molecule has 1 unspecified atom stereocenters. The first-order valence-corrected chi connectivity index (χ1v) is 14.6. The number of hydrogen-bond acceptors (Lipinski definition) is 6. The van der Waals surface area contributed by atoms with E-state index in [4.69, 9.17) is 4.74 Å². The molecule has 0 aromatic heterocycles. The predicted molar refractivity (Wildman–Crippen MR) is 163 cm³/mol. The molecule has 0 saturated carbocycles. The van der Waals surface area contributed by atoms with Gasteiger partial charge in [0.2, 0.25) is 17.7 Å². The van der Waals surface area contributed by atoms with Gasteiger partial charge in [0.05, 0.1) is 6.54 Å². The Morgan fingerprint density at radius 2 is 1.50 bits per heavy atom. The van der Waals surface area contributed by atoms with E-state index in [1.165, 1.54) is 20.4 Å². The van der Waals surface area contributed by atoms with E-state index in [2.05, 4.69) is 47.4 Å². The van der Waals surface area contributed by atoms with Gasteiger partial charge >= 0.3 is 5.97 Å². The Kier molecular flexibility index (Phi) is 31.6. The number of esters is 1. The Morgan fingerprint density at radius 1 is 0.881 bits per heavy atom. The van der Waals surface area contributed by atoms with Crippen molar-refractivity contribution in [3.05, 3.63) is 35.1 Å². The van der Waals surface area contributed by atoms with Crippen molar-refractivity contribution in [1.82, 2.24) is 16.0 Å². The van der Waals surface area contributed by atoms with Crippen LogP contribution in [0.25, 0.3) is 5.32 Å². The van der Waals surface area contributed by atoms with Gasteiger partial charge in [0.25, 0.3) is 0 Å². The molecule has 0 heterocycles. The van der Waals surface area contributed by atoms with Crippen LogP contribution in [-0.4, -0.2) is 55.9 Å². The van der Waals surface area contributed by atoms with Gasteiger partial charge in [-0.05, 0) is 30.5 Å². The zero-order valence-corrected chi connectivity index (χ0v) is 28.3. The average molecular weight is 744 g/mol. The van der Waals surface area contributed by atoms with E-state index in [0.717, 1.165) is 31.2 Å². The van der Waals surface area contributed by atoms with Crippen molar-refractivity contribution in [2.45, 2.75) is 106 Å². The van der Waals surface area contributed by atoms with Crippen molar-refractivity contribution in [2.75, 3.05) is 25.5 Å². The van der Waals surface area contributed by atoms with Gasteiger partial charge < -0.3 is 31.3 Å². The molecule has 0 spiro atoms. The molecule has 0 aliphatic carbocycles. The summed E-state index contributed by atoms with van der Waals surface area (Å²) in [4.78, 5) is 59.5. The number of carbonyl (C=O) groups is 5. The van der Waals surface area contributed by atoms with E-state index in [9.17, 15) is 24.0 Å². The normalized spacial score (nSPS) is 10.1. The first-order chi connectivity index (χ1) is 19.7. The largest absolute Gasteiger partial charge is 0.461 e. The van der Waals surface area contributed by atoms with Crippen LogP contribution >= 0.6 is 0 Å². The van der Waals surface area contributed by atoms with Crippen LogP contribution < -0.4 is 21.3 Å². The number of anilines is 1. The topological polar surface area (TPSA) is 157 Å². The first kappa shape index (κ1) is 44.1. The van der Waals surface area contributed by atoms with Crippen LogP contribution in [0.3, 0.4) is 0 Å². The summed E-state index contributed by atoms with van der Waals surface area (Å²) in [5, 5.41) is 14.0. The molecule has 1 radical (unpaired) electrons. The average Bonchev–Trinajstić information content (AvgIpc) is 2.96. The Balaban J connectivity index is -0.00000237. The molecule has 0 aliphatic heterocycles. The molecular weight excluding hydrogens is 691 g/mol. The molecule has 0 bridgehead atoms. The van der Waals surface area contributed by atoms with Gasteiger partial charge in [-0.3, -0.25) is 24.0 Å². The Bertz CT molecular complexity index is 883. The summed E-state index contributed by atoms with van der Waals surface area (Å²) in [6.45, 7) is 11.8. The van der Waals surface area contributed by atoms with Crippen LogP contribution in [0.2, 0.25) is 0 Å². The fourth-order valence-electron chi connectivity index (χ4n) is 3.17. The third kappa shape index (κ3) is 25.3. The zero-order valence-electron chi connectivity index (χ0n) is 26.4. The summed E-state index contributed by atoms with van der Waals surface area (Å²) in [7, 11) is 1.38. The van der Waals surface area contributed by atoms with Gasteiger partial charge in [-0.2, -0.15) is 0 Å². The monoisotopic (exact) mass is 743 g/mol. The van der Waals surface area contributed by atoms with E-state index in [1.54, 1.807) is 24.3 Å². The van der Waals surface area contributed by atoms with Crippen molar-refractivity contribution < 1.29 is 66.4 Å². The Hall–Kier alpha value is -2.37. The summed E-state index contributed by atoms with van der Waals surface area (Å²) < 4.78 is 4.94. The summed E-state index contributed by atoms with van der Waals surface area (Å²) in [5.41, 5.74) is 1.26. The minimum Gasteiger partial charge on any atom is -0.461 e. The van der Waals surface area contributed by atoms with Gasteiger partial charge in [-0.25, -0.2) is 0 Å².